The SMILES string of the molecule is Cc1cccc(-c2c(C(=O)Nc3ccc(C)c(C)c3)c(C(C)C(C)C)n(C(C)C[C@@H](O)C[C@@H](O)CC(=O)O)c2-c2ccc(F)cc2C)c1.[HH].[HH].[HH].[HH].[HH].[HH].[HH].[HH].[HH].[HH].[HH].[HH].[HH].[HH].[HH].[HH].[HH].[HH].[HH].[HH].[HH].[HH].[HH].[HH].[HH].[HH].[HH].[HH].[HH].[HH].[HH].[HH].[HH].[HH].[HH].[HH].[HH].[HH].[HH].[HH].[HH].[HH].[HH].[HH].[HH].[HH].[HH].[HH].[HH].[HH].[HH].[HH].[HH].[HH].[HH].[HH].[HH].[HH].[HH].[HH].[HH].[HH].[HH].[HH].[HH].[HH].[HH].[HH].[HH].[HH].[HH].[HH].[HH].[HH].[HH].[HH].[HH].[HH].[HH].[HH].[HH].[HH].[HH].[HH].[HH].[HH].[HH].[HH].[HH].[HH].[HH].[HH].[HH].[HH].[HH].[HH].[HH].[HH].[HH].[HH].[HH].[HH].[HH].[HH].[HH].[HH].[HH].[HH].[HH].[HH].[HH].[HH].[HH].[HH].[HH].[HH].[HH].[HH].[HH].[HH].[HH].[HH].[HH].[HH].[HH].[HH].[HH].[HH].[HH].[HH].[HH].[HH].[HH].[HH].[HH].[HH].[HH].[HH].[HH].[HH].[HH].[HH].[HH].[HH].[HH].[HH].[HH].[HH].[HH].[HH].[HH].[HH].[HH].[HH].[HH].[HH].[HH].[HH].[HH].[HH].[HH].[HH].[HH].[HH].[HH].[HH].[HH].[HH].[HH].[HH].[HH].[HH].[HH].[HH].[HH].[HH].[HH].[HH].[HH].[HH].[HH].[HH].[HH].[HH].[HH].[HH].[HH].[HH].[HH].[HH].[HH].[HH].[HH].[HH].[HH].[HH].[HH].[HH].[HH].[HH].[HH].[HH].[HH].[HH].[HH].[HH].[HH].[HH].[HH].[HH].[HH].[HH].[HH]. The third-order valence-electron chi connectivity index (χ3n) is 9.43. The van der Waals surface area contributed by atoms with Gasteiger partial charge >= 0.3 is 5.97 Å². The molecule has 4 rings (SSSR count). The topological polar surface area (TPSA) is 112 Å². The van der Waals surface area contributed by atoms with Crippen molar-refractivity contribution in [2.45, 2.75) is 98.8 Å². The largest absolute Gasteiger partial charge is 0.481 e. The molecule has 4 N–H and O–H groups in total. The van der Waals surface area contributed by atoms with Crippen molar-refractivity contribution in [2.24, 2.45) is 5.92 Å². The minimum absolute atomic E-state index is 0. The average molecular weight is 1090 g/mol. The smallest absolute Gasteiger partial charge is 0.305 e. The van der Waals surface area contributed by atoms with Gasteiger partial charge in [-0.05, 0) is 112 Å². The normalized spacial score (nSPS) is 14.1. The number of aromatic nitrogens is 1. The van der Waals surface area contributed by atoms with E-state index < -0.39 is 30.6 Å². The first-order valence-corrected chi connectivity index (χ1v) is 16.7. The number of carbonyl (C=O) groups is 2. The van der Waals surface area contributed by atoms with Gasteiger partial charge in [0.25, 0.3) is 5.91 Å². The van der Waals surface area contributed by atoms with Crippen LogP contribution in [0.4, 0.5) is 10.1 Å². The van der Waals surface area contributed by atoms with Gasteiger partial charge in [0.2, 0.25) is 0 Å². The Morgan fingerprint density at radius 2 is 1.56 bits per heavy atom. The molecule has 1 amide bonds. The Bertz CT molecular complexity index is 1970. The van der Waals surface area contributed by atoms with Crippen LogP contribution in [0.25, 0.3) is 22.4 Å². The molecule has 3 aromatic carbocycles. The van der Waals surface area contributed by atoms with Crippen LogP contribution in [0.1, 0.15) is 401 Å². The summed E-state index contributed by atoms with van der Waals surface area (Å²) < 4.78 is 16.7. The number of hydrogen-bond donors (Lipinski definition) is 4. The van der Waals surface area contributed by atoms with Gasteiger partial charge in [0, 0.05) is 332 Å². The molecule has 0 spiro atoms. The van der Waals surface area contributed by atoms with Crippen LogP contribution >= 0.6 is 0 Å². The van der Waals surface area contributed by atoms with Crippen LogP contribution in [0.5, 0.6) is 0 Å². The van der Waals surface area contributed by atoms with Crippen molar-refractivity contribution < 1.29 is 333 Å². The van der Waals surface area contributed by atoms with Gasteiger partial charge in [-0.25, -0.2) is 4.39 Å². The molecule has 0 aliphatic carbocycles. The van der Waals surface area contributed by atoms with Gasteiger partial charge in [0.1, 0.15) is 5.82 Å². The van der Waals surface area contributed by atoms with Crippen LogP contribution in [0.2, 0.25) is 0 Å². The second kappa shape index (κ2) is 15.3. The molecule has 1 heterocycles. The second-order valence-electron chi connectivity index (χ2n) is 13.7. The summed E-state index contributed by atoms with van der Waals surface area (Å²) in [6.07, 6.45) is -2.61. The second-order valence-corrected chi connectivity index (χ2v) is 13.7. The van der Waals surface area contributed by atoms with Gasteiger partial charge in [-0.15, -0.1) is 0 Å². The van der Waals surface area contributed by atoms with Crippen LogP contribution in [0, 0.1) is 39.4 Å². The van der Waals surface area contributed by atoms with Gasteiger partial charge in [0.15, 0.2) is 0 Å². The third-order valence-corrected chi connectivity index (χ3v) is 9.43. The molecule has 2 unspecified atom stereocenters. The molecule has 7 nitrogen and oxygen atoms in total. The number of halogens is 1. The van der Waals surface area contributed by atoms with Crippen LogP contribution in [0.15, 0.2) is 60.7 Å². The number of nitrogens with zero attached hydrogens (tertiary/aromatic N) is 1. The Morgan fingerprint density at radius 1 is 0.854 bits per heavy atom. The molecule has 48 heavy (non-hydrogen) atoms. The van der Waals surface area contributed by atoms with Gasteiger partial charge in [-0.1, -0.05) is 56.7 Å². The molecular weight excluding hydrogens is 607 g/mol. The van der Waals surface area contributed by atoms with Crippen LogP contribution in [-0.4, -0.2) is 44.0 Å². The standard InChI is InChI=1S/C40H49FN2O5.213H2/c1-22(2)28(8)38-37(40(48)42-31-14-12-24(4)25(5)18-31)36(29-11-9-10-23(3)16-29)39(34-15-13-30(41)17-26(34)6)43(38)27(7)19-32(44)20-33(45)21-35(46)47;;;;;;;;;;;;;;;;;;;;;;;;;;;;;;;;;;;;;;;;;;;;;;;;;;;;;;;;;;;;;;;;;;;;;;;;;;;;;;;;;;;;;;;;;;;;;;;;;;;;;;;;;;;;;;;;;;;;;;;;;;;;;;;;;;;;;;;;;;;;;;;;;;;;;;;;;;;;;;;;;;;;;;;;;;;;;;;;;;;;;;;;;;;;;;;;;;;;;;;;;;;;;;;;;;;;;/h9-18,22,27-28,32-33,44-45H,19-21H2,1-8H3,(H,42,48)(H,46,47);213*1H/t27?,28?,32-,33-;;;;;;;;;;;;;;;;;;;;;;;;;;;;;;;;;;;;;;;;;;;;;;;;;;;;;;;;;;;;;;;;;;;;;;;;;;;;;;;;;;;;;;;;;;;;;;;;;;;;;;;;;;;;;;;;;;;;;;;;;;;;;;;;;;;;;;;;;;;;;;;;;;;;;;;;;;;;;;;;;;;;;;;;;;;;;;;;;;;;;;;;;;;;;;;;;;;;;;;;;;;;;;;;;;;;;/m1...................................................................................................................................................................................................................../s1. The molecule has 0 radical (unpaired) electrons. The maximum absolute atomic E-state index is 14.7. The number of aliphatic hydroxyl groups is 2. The molecule has 0 saturated carbocycles. The van der Waals surface area contributed by atoms with Crippen molar-refractivity contribution in [3.05, 3.63) is 100.0 Å². The van der Waals surface area contributed by atoms with E-state index in [-0.39, 0.29) is 340 Å². The van der Waals surface area contributed by atoms with E-state index in [0.29, 0.717) is 22.4 Å². The Labute approximate surface area is 599 Å². The number of hydrogen-bond acceptors (Lipinski definition) is 4. The lowest BCUT2D eigenvalue weighted by atomic mass is 9.88. The highest BCUT2D eigenvalue weighted by Crippen LogP contribution is 2.47. The number of amides is 1. The van der Waals surface area contributed by atoms with E-state index in [4.69, 9.17) is 5.11 Å². The first-order valence-electron chi connectivity index (χ1n) is 16.7. The van der Waals surface area contributed by atoms with E-state index in [9.17, 15) is 24.2 Å². The van der Waals surface area contributed by atoms with Gasteiger partial charge in [0.05, 0.1) is 29.9 Å². The number of aliphatic hydroxyl groups excluding tert-OH is 2. The van der Waals surface area contributed by atoms with E-state index in [0.717, 1.165) is 39.2 Å². The van der Waals surface area contributed by atoms with Gasteiger partial charge < -0.3 is 25.2 Å². The average Bonchev–Trinajstić information content (AvgIpc) is 3.34. The highest BCUT2D eigenvalue weighted by atomic mass is 19.1. The Kier molecular flexibility index (Phi) is 11.7. The highest BCUT2D eigenvalue weighted by Gasteiger charge is 2.35. The molecule has 0 aliphatic rings. The first-order chi connectivity index (χ1) is 22.6. The molecule has 682 valence electrons. The maximum Gasteiger partial charge on any atom is 0.305 e. The summed E-state index contributed by atoms with van der Waals surface area (Å²) in [5.41, 5.74) is 8.86. The summed E-state index contributed by atoms with van der Waals surface area (Å²) >= 11 is 0. The molecule has 4 aromatic rings. The third kappa shape index (κ3) is 8.23. The highest BCUT2D eigenvalue weighted by molar-refractivity contribution is 6.12. The summed E-state index contributed by atoms with van der Waals surface area (Å²) in [6.45, 7) is 16.1. The van der Waals surface area contributed by atoms with Gasteiger partial charge in [-0.3, -0.25) is 9.59 Å². The molecule has 0 aliphatic heterocycles. The van der Waals surface area contributed by atoms with Crippen LogP contribution in [-0.2, 0) is 4.79 Å². The van der Waals surface area contributed by atoms with Crippen molar-refractivity contribution in [3.63, 3.8) is 0 Å². The Balaban J connectivity index is -0.000000000587. The summed E-state index contributed by atoms with van der Waals surface area (Å²) in [4.78, 5) is 25.9. The first kappa shape index (κ1) is 36.6. The van der Waals surface area contributed by atoms with E-state index in [1.54, 1.807) is 6.07 Å². The number of aliphatic carboxylic acids is 1. The van der Waals surface area contributed by atoms with Crippen molar-refractivity contribution in [3.8, 4) is 22.4 Å². The fraction of sp³-hybridized carbons (Fsp3) is 0.400. The fourth-order valence-electron chi connectivity index (χ4n) is 6.50. The Morgan fingerprint density at radius 3 is 2.17 bits per heavy atom. The quantitative estimate of drug-likeness (QED) is 0.107. The maximum atomic E-state index is 14.7. The predicted molar refractivity (Wildman–Crippen MR) is 640 cm³/mol. The monoisotopic (exact) mass is 1090 g/mol. The number of rotatable bonds is 13. The number of carboxylic acids is 1. The lowest BCUT2D eigenvalue weighted by Crippen LogP contribution is -2.25. The molecule has 8 heteroatoms. The van der Waals surface area contributed by atoms with Crippen molar-refractivity contribution in [2.75, 3.05) is 5.32 Å². The number of anilines is 1. The van der Waals surface area contributed by atoms with Crippen molar-refractivity contribution in [1.82, 2.24) is 4.57 Å². The molecule has 0 fully saturated rings. The molecule has 4 atom stereocenters. The van der Waals surface area contributed by atoms with E-state index in [1.807, 2.05) is 77.1 Å². The molecule has 0 bridgehead atoms. The van der Waals surface area contributed by atoms with E-state index >= 15 is 0 Å². The van der Waals surface area contributed by atoms with E-state index in [2.05, 4.69) is 30.7 Å². The molecule has 1 aromatic heterocycles. The van der Waals surface area contributed by atoms with Crippen molar-refractivity contribution in [1.29, 1.82) is 0 Å². The van der Waals surface area contributed by atoms with Gasteiger partial charge in [-0.2, -0.15) is 0 Å². The zero-order valence-electron chi connectivity index (χ0n) is 29.3. The van der Waals surface area contributed by atoms with Crippen LogP contribution in [0.3, 0.4) is 0 Å². The lowest BCUT2D eigenvalue weighted by molar-refractivity contribution is -0.139. The summed E-state index contributed by atoms with van der Waals surface area (Å²) in [6, 6.07) is 18.0. The van der Waals surface area contributed by atoms with E-state index in [1.165, 1.54) is 12.1 Å². The predicted octanol–water partition coefficient (Wildman–Crippen LogP) is 61.1. The molecular formula is C40H475FN2O5. The Hall–Kier alpha value is -4.27. The zero-order chi connectivity index (χ0) is 35.4. The summed E-state index contributed by atoms with van der Waals surface area (Å²) in [7, 11) is 0. The minimum atomic E-state index is -1.20. The number of nitrogens with one attached hydrogen (secondary N) is 1. The van der Waals surface area contributed by atoms with Crippen LogP contribution < -0.4 is 5.32 Å². The number of aryl methyl sites for hydroxylation is 4. The summed E-state index contributed by atoms with van der Waals surface area (Å²) in [5, 5.41) is 33.8. The lowest BCUT2D eigenvalue weighted by Gasteiger charge is -2.28. The number of benzene rings is 3. The number of carboxylic acid groups (broad SMARTS) is 1. The van der Waals surface area contributed by atoms with Crippen molar-refractivity contribution >= 4 is 17.6 Å². The fourth-order valence-corrected chi connectivity index (χ4v) is 6.50. The number of carbonyl (C=O) groups excluding carboxylic acids is 1. The minimum Gasteiger partial charge on any atom is -0.481 e. The molecule has 0 saturated heterocycles. The summed E-state index contributed by atoms with van der Waals surface area (Å²) in [5.74, 6) is -1.79. The zero-order valence-corrected chi connectivity index (χ0v) is 29.3.